The number of rotatable bonds is 5. The van der Waals surface area contributed by atoms with Gasteiger partial charge in [0.05, 0.1) is 22.7 Å². The fourth-order valence-corrected chi connectivity index (χ4v) is 3.80. The van der Waals surface area contributed by atoms with Crippen LogP contribution in [0.4, 0.5) is 4.39 Å². The van der Waals surface area contributed by atoms with Crippen LogP contribution in [0.15, 0.2) is 47.4 Å². The van der Waals surface area contributed by atoms with E-state index in [1.807, 2.05) is 26.8 Å². The zero-order valence-corrected chi connectivity index (χ0v) is 17.3. The van der Waals surface area contributed by atoms with Crippen molar-refractivity contribution in [1.29, 1.82) is 0 Å². The highest BCUT2D eigenvalue weighted by Gasteiger charge is 2.28. The first-order valence-electron chi connectivity index (χ1n) is 9.34. The molecule has 2 aromatic heterocycles. The lowest BCUT2D eigenvalue weighted by molar-refractivity contribution is 0.112. The fraction of sp³-hybridized carbons (Fsp3) is 0.304. The minimum Gasteiger partial charge on any atom is -0.396 e. The second kappa shape index (κ2) is 8.09. The Morgan fingerprint density at radius 1 is 1.24 bits per heavy atom. The molecular weight excluding hydrogens is 393 g/mol. The van der Waals surface area contributed by atoms with Crippen molar-refractivity contribution in [1.82, 2.24) is 4.40 Å². The highest BCUT2D eigenvalue weighted by Crippen LogP contribution is 2.36. The Morgan fingerprint density at radius 3 is 2.59 bits per heavy atom. The Balaban J connectivity index is 2.20. The molecule has 4 nitrogen and oxygen atoms in total. The van der Waals surface area contributed by atoms with Crippen molar-refractivity contribution in [2.75, 3.05) is 6.61 Å². The van der Waals surface area contributed by atoms with Gasteiger partial charge in [0.25, 0.3) is 5.56 Å². The SMILES string of the molecule is CC(C)(C)[C@@H](CO)c1cc(C=O)c(=O)n2cc(Cc3cccc(Cl)c3F)ccc12. The van der Waals surface area contributed by atoms with Gasteiger partial charge in [0.1, 0.15) is 5.82 Å². The van der Waals surface area contributed by atoms with E-state index < -0.39 is 11.4 Å². The van der Waals surface area contributed by atoms with Gasteiger partial charge in [0.15, 0.2) is 6.29 Å². The Morgan fingerprint density at radius 2 is 1.97 bits per heavy atom. The van der Waals surface area contributed by atoms with Crippen LogP contribution in [0.1, 0.15) is 53.7 Å². The second-order valence-electron chi connectivity index (χ2n) is 8.26. The maximum Gasteiger partial charge on any atom is 0.265 e. The monoisotopic (exact) mass is 415 g/mol. The Hall–Kier alpha value is -2.50. The Labute approximate surface area is 173 Å². The highest BCUT2D eigenvalue weighted by molar-refractivity contribution is 6.30. The van der Waals surface area contributed by atoms with Crippen LogP contribution in [0, 0.1) is 11.2 Å². The van der Waals surface area contributed by atoms with Crippen LogP contribution in [0.25, 0.3) is 5.52 Å². The maximum atomic E-state index is 14.3. The molecule has 0 unspecified atom stereocenters. The van der Waals surface area contributed by atoms with Crippen LogP contribution in [0.3, 0.4) is 0 Å². The lowest BCUT2D eigenvalue weighted by Gasteiger charge is -2.30. The lowest BCUT2D eigenvalue weighted by Crippen LogP contribution is -2.26. The number of nitrogens with zero attached hydrogens (tertiary/aromatic N) is 1. The molecule has 3 aromatic rings. The summed E-state index contributed by atoms with van der Waals surface area (Å²) in [5.41, 5.74) is 1.75. The first-order chi connectivity index (χ1) is 13.7. The van der Waals surface area contributed by atoms with Crippen LogP contribution < -0.4 is 5.56 Å². The molecule has 0 aliphatic rings. The molecule has 0 bridgehead atoms. The molecule has 0 spiro atoms. The number of fused-ring (bicyclic) bond motifs is 1. The predicted molar refractivity (Wildman–Crippen MR) is 113 cm³/mol. The van der Waals surface area contributed by atoms with Gasteiger partial charge in [0.2, 0.25) is 0 Å². The molecule has 3 rings (SSSR count). The zero-order valence-electron chi connectivity index (χ0n) is 16.6. The Kier molecular flexibility index (Phi) is 5.92. The summed E-state index contributed by atoms with van der Waals surface area (Å²) in [4.78, 5) is 24.3. The third-order valence-corrected chi connectivity index (χ3v) is 5.53. The average molecular weight is 416 g/mol. The maximum absolute atomic E-state index is 14.3. The number of carbonyl (C=O) groups is 1. The van der Waals surface area contributed by atoms with E-state index in [9.17, 15) is 19.1 Å². The van der Waals surface area contributed by atoms with E-state index >= 15 is 0 Å². The first kappa shape index (κ1) is 21.2. The molecule has 0 saturated carbocycles. The normalized spacial score (nSPS) is 12.9. The molecule has 152 valence electrons. The summed E-state index contributed by atoms with van der Waals surface area (Å²) in [6.45, 7) is 5.86. The van der Waals surface area contributed by atoms with Crippen LogP contribution in [0.2, 0.25) is 5.02 Å². The van der Waals surface area contributed by atoms with Crippen LogP contribution in [-0.2, 0) is 6.42 Å². The third-order valence-electron chi connectivity index (χ3n) is 5.24. The summed E-state index contributed by atoms with van der Waals surface area (Å²) >= 11 is 5.86. The van der Waals surface area contributed by atoms with Crippen LogP contribution in [-0.4, -0.2) is 22.4 Å². The molecule has 0 aliphatic carbocycles. The molecule has 1 N–H and O–H groups in total. The fourth-order valence-electron chi connectivity index (χ4n) is 3.60. The molecule has 1 aromatic carbocycles. The molecule has 0 radical (unpaired) electrons. The van der Waals surface area contributed by atoms with Gasteiger partial charge in [-0.3, -0.25) is 14.0 Å². The number of aliphatic hydroxyl groups is 1. The smallest absolute Gasteiger partial charge is 0.265 e. The van der Waals surface area contributed by atoms with Gasteiger partial charge in [-0.05, 0) is 40.3 Å². The summed E-state index contributed by atoms with van der Waals surface area (Å²) in [7, 11) is 0. The third kappa shape index (κ3) is 4.11. The number of pyridine rings is 2. The number of halogens is 2. The number of aldehydes is 1. The minimum absolute atomic E-state index is 0.0197. The average Bonchev–Trinajstić information content (AvgIpc) is 2.67. The van der Waals surface area contributed by atoms with Gasteiger partial charge in [-0.1, -0.05) is 50.6 Å². The van der Waals surface area contributed by atoms with Crippen molar-refractivity contribution in [3.8, 4) is 0 Å². The number of benzene rings is 1. The number of aromatic nitrogens is 1. The standard InChI is InChI=1S/C23H23ClFNO3/c1-23(2,3)18(13-28)17-10-16(12-27)22(29)26-11-14(7-8-20(17)26)9-15-5-4-6-19(24)21(15)25/h4-8,10-12,18,28H,9,13H2,1-3H3/t18-/m0/s1. The second-order valence-corrected chi connectivity index (χ2v) is 8.67. The molecule has 0 fully saturated rings. The van der Waals surface area contributed by atoms with E-state index in [0.29, 0.717) is 22.9 Å². The van der Waals surface area contributed by atoms with Crippen molar-refractivity contribution >= 4 is 23.4 Å². The molecule has 2 heterocycles. The molecular formula is C23H23ClFNO3. The van der Waals surface area contributed by atoms with E-state index in [0.717, 1.165) is 5.56 Å². The summed E-state index contributed by atoms with van der Waals surface area (Å²) in [6.07, 6.45) is 2.39. The first-order valence-corrected chi connectivity index (χ1v) is 9.72. The van der Waals surface area contributed by atoms with Gasteiger partial charge < -0.3 is 5.11 Å². The van der Waals surface area contributed by atoms with Gasteiger partial charge in [-0.2, -0.15) is 0 Å². The van der Waals surface area contributed by atoms with Crippen molar-refractivity contribution in [3.63, 3.8) is 0 Å². The highest BCUT2D eigenvalue weighted by atomic mass is 35.5. The summed E-state index contributed by atoms with van der Waals surface area (Å²) in [5, 5.41) is 10.0. The molecule has 0 saturated heterocycles. The van der Waals surface area contributed by atoms with Gasteiger partial charge in [-0.15, -0.1) is 0 Å². The number of hydrogen-bond acceptors (Lipinski definition) is 3. The van der Waals surface area contributed by atoms with Crippen LogP contribution >= 0.6 is 11.6 Å². The predicted octanol–water partition coefficient (Wildman–Crippen LogP) is 4.62. The molecule has 29 heavy (non-hydrogen) atoms. The van der Waals surface area contributed by atoms with Gasteiger partial charge in [0, 0.05) is 18.5 Å². The zero-order chi connectivity index (χ0) is 21.3. The largest absolute Gasteiger partial charge is 0.396 e. The van der Waals surface area contributed by atoms with Gasteiger partial charge >= 0.3 is 0 Å². The van der Waals surface area contributed by atoms with Crippen molar-refractivity contribution in [2.45, 2.75) is 33.1 Å². The van der Waals surface area contributed by atoms with E-state index in [1.165, 1.54) is 10.5 Å². The van der Waals surface area contributed by atoms with Crippen molar-refractivity contribution < 1.29 is 14.3 Å². The topological polar surface area (TPSA) is 58.8 Å². The number of aliphatic hydroxyl groups excluding tert-OH is 1. The summed E-state index contributed by atoms with van der Waals surface area (Å²) < 4.78 is 15.7. The van der Waals surface area contributed by atoms with E-state index in [4.69, 9.17) is 11.6 Å². The van der Waals surface area contributed by atoms with E-state index in [1.54, 1.807) is 30.5 Å². The quantitative estimate of drug-likeness (QED) is 0.619. The summed E-state index contributed by atoms with van der Waals surface area (Å²) in [5.74, 6) is -0.759. The van der Waals surface area contributed by atoms with E-state index in [-0.39, 0.29) is 34.9 Å². The Bertz CT molecular complexity index is 1130. The number of carbonyl (C=O) groups excluding carboxylic acids is 1. The molecule has 1 atom stereocenters. The van der Waals surface area contributed by atoms with E-state index in [2.05, 4.69) is 0 Å². The molecule has 6 heteroatoms. The minimum atomic E-state index is -0.489. The van der Waals surface area contributed by atoms with Crippen molar-refractivity contribution in [2.24, 2.45) is 5.41 Å². The van der Waals surface area contributed by atoms with Crippen molar-refractivity contribution in [3.05, 3.63) is 86.0 Å². The number of hydrogen-bond donors (Lipinski definition) is 1. The van der Waals surface area contributed by atoms with Crippen LogP contribution in [0.5, 0.6) is 0 Å². The lowest BCUT2D eigenvalue weighted by atomic mass is 9.76. The summed E-state index contributed by atoms with van der Waals surface area (Å²) in [6, 6.07) is 9.95. The molecule has 0 amide bonds. The molecule has 0 aliphatic heterocycles. The van der Waals surface area contributed by atoms with Gasteiger partial charge in [-0.25, -0.2) is 4.39 Å².